The van der Waals surface area contributed by atoms with Gasteiger partial charge in [-0.25, -0.2) is 8.42 Å². The van der Waals surface area contributed by atoms with Gasteiger partial charge in [-0.15, -0.1) is 0 Å². The molecule has 1 rings (SSSR count). The number of benzene rings is 1. The fourth-order valence-electron chi connectivity index (χ4n) is 1.25. The number of sulfone groups is 1. The van der Waals surface area contributed by atoms with Gasteiger partial charge in [0.05, 0.1) is 17.6 Å². The predicted molar refractivity (Wildman–Crippen MR) is 59.0 cm³/mol. The molecule has 84 valence electrons. The Labute approximate surface area is 89.7 Å². The molecule has 0 amide bonds. The van der Waals surface area contributed by atoms with Crippen LogP contribution in [-0.2, 0) is 15.6 Å². The maximum absolute atomic E-state index is 11.6. The molecule has 0 aliphatic heterocycles. The first kappa shape index (κ1) is 12.2. The van der Waals surface area contributed by atoms with E-state index in [4.69, 9.17) is 10.8 Å². The minimum Gasteiger partial charge on any atom is -0.391 e. The molecule has 0 radical (unpaired) electrons. The van der Waals surface area contributed by atoms with E-state index in [-0.39, 0.29) is 18.1 Å². The Bertz CT molecular complexity index is 388. The van der Waals surface area contributed by atoms with Gasteiger partial charge in [-0.05, 0) is 5.56 Å². The van der Waals surface area contributed by atoms with Crippen LogP contribution in [-0.4, -0.2) is 31.9 Å². The molecule has 0 bridgehead atoms. The normalized spacial score (nSPS) is 13.7. The van der Waals surface area contributed by atoms with E-state index in [9.17, 15) is 8.42 Å². The minimum absolute atomic E-state index is 0.0337. The van der Waals surface area contributed by atoms with Crippen LogP contribution in [0.5, 0.6) is 0 Å². The second-order valence-corrected chi connectivity index (χ2v) is 5.54. The van der Waals surface area contributed by atoms with Crippen molar-refractivity contribution >= 4 is 9.84 Å². The van der Waals surface area contributed by atoms with Crippen molar-refractivity contribution in [3.63, 3.8) is 0 Å². The summed E-state index contributed by atoms with van der Waals surface area (Å²) in [6.45, 7) is -0.0337. The van der Waals surface area contributed by atoms with Gasteiger partial charge in [0.2, 0.25) is 0 Å². The zero-order valence-corrected chi connectivity index (χ0v) is 9.15. The van der Waals surface area contributed by atoms with Crippen LogP contribution in [0.4, 0.5) is 0 Å². The van der Waals surface area contributed by atoms with Crippen LogP contribution in [0.2, 0.25) is 0 Å². The molecule has 0 aliphatic carbocycles. The van der Waals surface area contributed by atoms with E-state index in [1.165, 1.54) is 0 Å². The monoisotopic (exact) mass is 229 g/mol. The van der Waals surface area contributed by atoms with E-state index in [0.29, 0.717) is 0 Å². The van der Waals surface area contributed by atoms with Crippen LogP contribution >= 0.6 is 0 Å². The summed E-state index contributed by atoms with van der Waals surface area (Å²) in [7, 11) is -3.28. The standard InChI is InChI=1S/C10H15NO3S/c11-6-10(12)8-15(13,14)7-9-4-2-1-3-5-9/h1-5,10,12H,6-8,11H2. The molecular formula is C10H15NO3S. The van der Waals surface area contributed by atoms with Crippen LogP contribution in [0.1, 0.15) is 5.56 Å². The van der Waals surface area contributed by atoms with Gasteiger partial charge >= 0.3 is 0 Å². The minimum atomic E-state index is -3.28. The van der Waals surface area contributed by atoms with E-state index >= 15 is 0 Å². The second kappa shape index (κ2) is 5.25. The van der Waals surface area contributed by atoms with Gasteiger partial charge < -0.3 is 10.8 Å². The highest BCUT2D eigenvalue weighted by atomic mass is 32.2. The molecule has 0 spiro atoms. The third-order valence-electron chi connectivity index (χ3n) is 1.95. The summed E-state index contributed by atoms with van der Waals surface area (Å²) in [6, 6.07) is 8.87. The highest BCUT2D eigenvalue weighted by Gasteiger charge is 2.16. The Hall–Kier alpha value is -0.910. The Morgan fingerprint density at radius 1 is 1.27 bits per heavy atom. The van der Waals surface area contributed by atoms with Gasteiger partial charge in [-0.1, -0.05) is 30.3 Å². The molecule has 0 aromatic heterocycles. The van der Waals surface area contributed by atoms with Crippen molar-refractivity contribution in [3.8, 4) is 0 Å². The summed E-state index contributed by atoms with van der Waals surface area (Å²) in [5.74, 6) is -0.330. The zero-order chi connectivity index (χ0) is 11.3. The molecule has 3 N–H and O–H groups in total. The van der Waals surface area contributed by atoms with Crippen LogP contribution in [0, 0.1) is 0 Å². The molecule has 5 heteroatoms. The first-order valence-electron chi connectivity index (χ1n) is 4.66. The lowest BCUT2D eigenvalue weighted by Gasteiger charge is -2.08. The summed E-state index contributed by atoms with van der Waals surface area (Å²) < 4.78 is 23.1. The Balaban J connectivity index is 2.65. The summed E-state index contributed by atoms with van der Waals surface area (Å²) in [4.78, 5) is 0. The zero-order valence-electron chi connectivity index (χ0n) is 8.33. The van der Waals surface area contributed by atoms with Gasteiger partial charge in [0.1, 0.15) is 0 Å². The molecule has 0 saturated heterocycles. The fourth-order valence-corrected chi connectivity index (χ4v) is 2.79. The second-order valence-electron chi connectivity index (χ2n) is 3.43. The van der Waals surface area contributed by atoms with Crippen molar-refractivity contribution in [3.05, 3.63) is 35.9 Å². The fraction of sp³-hybridized carbons (Fsp3) is 0.400. The van der Waals surface area contributed by atoms with Crippen molar-refractivity contribution in [2.75, 3.05) is 12.3 Å². The average molecular weight is 229 g/mol. The Kier molecular flexibility index (Phi) is 4.26. The lowest BCUT2D eigenvalue weighted by atomic mass is 10.2. The molecule has 1 aromatic carbocycles. The quantitative estimate of drug-likeness (QED) is 0.740. The molecule has 1 unspecified atom stereocenters. The van der Waals surface area contributed by atoms with Gasteiger partial charge in [-0.3, -0.25) is 0 Å². The van der Waals surface area contributed by atoms with E-state index in [1.807, 2.05) is 6.07 Å². The van der Waals surface area contributed by atoms with Crippen molar-refractivity contribution < 1.29 is 13.5 Å². The summed E-state index contributed by atoms with van der Waals surface area (Å²) >= 11 is 0. The lowest BCUT2D eigenvalue weighted by Crippen LogP contribution is -2.29. The van der Waals surface area contributed by atoms with Crippen LogP contribution < -0.4 is 5.73 Å². The number of nitrogens with two attached hydrogens (primary N) is 1. The molecule has 1 aromatic rings. The SMILES string of the molecule is NCC(O)CS(=O)(=O)Cc1ccccc1. The van der Waals surface area contributed by atoms with E-state index < -0.39 is 15.9 Å². The highest BCUT2D eigenvalue weighted by molar-refractivity contribution is 7.90. The molecule has 0 fully saturated rings. The number of aliphatic hydroxyl groups is 1. The van der Waals surface area contributed by atoms with Gasteiger partial charge in [-0.2, -0.15) is 0 Å². The summed E-state index contributed by atoms with van der Waals surface area (Å²) in [6.07, 6.45) is -0.973. The Morgan fingerprint density at radius 2 is 1.87 bits per heavy atom. The number of aliphatic hydroxyl groups excluding tert-OH is 1. The molecule has 1 atom stereocenters. The molecule has 0 aliphatic rings. The third-order valence-corrected chi connectivity index (χ3v) is 3.61. The van der Waals surface area contributed by atoms with Crippen molar-refractivity contribution in [2.45, 2.75) is 11.9 Å². The Morgan fingerprint density at radius 3 is 2.40 bits per heavy atom. The molecule has 15 heavy (non-hydrogen) atoms. The smallest absolute Gasteiger partial charge is 0.157 e. The third kappa shape index (κ3) is 4.42. The lowest BCUT2D eigenvalue weighted by molar-refractivity contribution is 0.205. The molecular weight excluding hydrogens is 214 g/mol. The maximum Gasteiger partial charge on any atom is 0.157 e. The van der Waals surface area contributed by atoms with Gasteiger partial charge in [0.15, 0.2) is 9.84 Å². The molecule has 0 heterocycles. The first-order valence-corrected chi connectivity index (χ1v) is 6.48. The predicted octanol–water partition coefficient (Wildman–Crippen LogP) is -0.0790. The van der Waals surface area contributed by atoms with Crippen LogP contribution in [0.25, 0.3) is 0 Å². The van der Waals surface area contributed by atoms with E-state index in [2.05, 4.69) is 0 Å². The molecule has 4 nitrogen and oxygen atoms in total. The topological polar surface area (TPSA) is 80.4 Å². The van der Waals surface area contributed by atoms with E-state index in [1.54, 1.807) is 24.3 Å². The molecule has 0 saturated carbocycles. The average Bonchev–Trinajstić information content (AvgIpc) is 2.17. The van der Waals surface area contributed by atoms with Gasteiger partial charge in [0, 0.05) is 6.54 Å². The highest BCUT2D eigenvalue weighted by Crippen LogP contribution is 2.06. The number of hydrogen-bond donors (Lipinski definition) is 2. The van der Waals surface area contributed by atoms with E-state index in [0.717, 1.165) is 5.56 Å². The number of hydrogen-bond acceptors (Lipinski definition) is 4. The summed E-state index contributed by atoms with van der Waals surface area (Å²) in [5.41, 5.74) is 5.88. The first-order chi connectivity index (χ1) is 7.03. The van der Waals surface area contributed by atoms with Crippen molar-refractivity contribution in [2.24, 2.45) is 5.73 Å². The maximum atomic E-state index is 11.6. The van der Waals surface area contributed by atoms with Crippen LogP contribution in [0.15, 0.2) is 30.3 Å². The van der Waals surface area contributed by atoms with Crippen LogP contribution in [0.3, 0.4) is 0 Å². The summed E-state index contributed by atoms with van der Waals surface area (Å²) in [5, 5.41) is 9.17. The van der Waals surface area contributed by atoms with Crippen molar-refractivity contribution in [1.29, 1.82) is 0 Å². The van der Waals surface area contributed by atoms with Crippen molar-refractivity contribution in [1.82, 2.24) is 0 Å². The largest absolute Gasteiger partial charge is 0.391 e. The number of rotatable bonds is 5. The van der Waals surface area contributed by atoms with Gasteiger partial charge in [0.25, 0.3) is 0 Å².